The normalized spacial score (nSPS) is 16.1. The molecule has 214 valence electrons. The average Bonchev–Trinajstić information content (AvgIpc) is 3.47. The Morgan fingerprint density at radius 2 is 1.85 bits per heavy atom. The fourth-order valence-corrected chi connectivity index (χ4v) is 5.43. The van der Waals surface area contributed by atoms with Crippen molar-refractivity contribution in [3.05, 3.63) is 88.0 Å². The maximum atomic E-state index is 13.5. The summed E-state index contributed by atoms with van der Waals surface area (Å²) in [5, 5.41) is 11.6. The fourth-order valence-electron chi connectivity index (χ4n) is 4.44. The van der Waals surface area contributed by atoms with E-state index in [0.29, 0.717) is 41.5 Å². The van der Waals surface area contributed by atoms with Gasteiger partial charge in [-0.1, -0.05) is 43.0 Å². The zero-order valence-corrected chi connectivity index (χ0v) is 24.2. The first-order valence-corrected chi connectivity index (χ1v) is 14.1. The predicted octanol–water partition coefficient (Wildman–Crippen LogP) is 5.92. The van der Waals surface area contributed by atoms with E-state index in [9.17, 15) is 19.5 Å². The quantitative estimate of drug-likeness (QED) is 0.0984. The molecule has 1 atom stereocenters. The Morgan fingerprint density at radius 1 is 1.12 bits per heavy atom. The molecule has 3 aromatic rings. The van der Waals surface area contributed by atoms with Gasteiger partial charge in [0.2, 0.25) is 0 Å². The average molecular weight is 577 g/mol. The van der Waals surface area contributed by atoms with Crippen LogP contribution >= 0.6 is 11.3 Å². The van der Waals surface area contributed by atoms with Crippen molar-refractivity contribution in [1.82, 2.24) is 4.98 Å². The standard InChI is InChI=1S/C31H32N2O7S/c1-6-15-39-22-12-9-20(10-13-22)25-24(26(34)21-11-14-23(18(4)17-21)40-16-7-2)27(35)29(36)33(25)31-32-19(5)28(41-31)30(37)38-8-3/h6,9-14,17,25,34H,1,7-8,15-16H2,2-5H3/b26-24+. The van der Waals surface area contributed by atoms with Crippen LogP contribution in [0.3, 0.4) is 0 Å². The van der Waals surface area contributed by atoms with E-state index in [1.165, 1.54) is 4.90 Å². The third kappa shape index (κ3) is 6.02. The molecule has 41 heavy (non-hydrogen) atoms. The monoisotopic (exact) mass is 576 g/mol. The molecular weight excluding hydrogens is 544 g/mol. The molecule has 0 radical (unpaired) electrons. The molecule has 9 nitrogen and oxygen atoms in total. The largest absolute Gasteiger partial charge is 0.507 e. The number of ether oxygens (including phenoxy) is 3. The predicted molar refractivity (Wildman–Crippen MR) is 157 cm³/mol. The maximum absolute atomic E-state index is 13.5. The van der Waals surface area contributed by atoms with E-state index in [1.807, 2.05) is 13.8 Å². The number of esters is 1. The summed E-state index contributed by atoms with van der Waals surface area (Å²) in [5.74, 6) is -1.39. The summed E-state index contributed by atoms with van der Waals surface area (Å²) in [6.07, 6.45) is 2.46. The minimum Gasteiger partial charge on any atom is -0.507 e. The summed E-state index contributed by atoms with van der Waals surface area (Å²) in [4.78, 5) is 45.5. The number of amides is 1. The molecule has 0 bridgehead atoms. The Bertz CT molecular complexity index is 1510. The Balaban J connectivity index is 1.85. The van der Waals surface area contributed by atoms with E-state index >= 15 is 0 Å². The molecule has 1 N–H and O–H groups in total. The maximum Gasteiger partial charge on any atom is 0.350 e. The van der Waals surface area contributed by atoms with Gasteiger partial charge in [-0.15, -0.1) is 0 Å². The van der Waals surface area contributed by atoms with E-state index < -0.39 is 23.7 Å². The molecule has 1 saturated heterocycles. The van der Waals surface area contributed by atoms with Crippen LogP contribution in [-0.4, -0.2) is 47.6 Å². The SMILES string of the molecule is C=CCOc1ccc(C2/C(=C(\O)c3ccc(OCCC)c(C)c3)C(=O)C(=O)N2c2nc(C)c(C(=O)OCC)s2)cc1. The smallest absolute Gasteiger partial charge is 0.350 e. The van der Waals surface area contributed by atoms with Crippen LogP contribution in [-0.2, 0) is 14.3 Å². The zero-order valence-electron chi connectivity index (χ0n) is 23.4. The van der Waals surface area contributed by atoms with Gasteiger partial charge in [-0.3, -0.25) is 14.5 Å². The number of aliphatic hydroxyl groups is 1. The number of hydrogen-bond acceptors (Lipinski definition) is 9. The lowest BCUT2D eigenvalue weighted by Gasteiger charge is -2.23. The van der Waals surface area contributed by atoms with Crippen molar-refractivity contribution < 1.29 is 33.7 Å². The number of benzene rings is 2. The number of ketones is 1. The van der Waals surface area contributed by atoms with Gasteiger partial charge in [0.05, 0.1) is 30.5 Å². The highest BCUT2D eigenvalue weighted by atomic mass is 32.1. The highest BCUT2D eigenvalue weighted by molar-refractivity contribution is 7.17. The molecule has 1 fully saturated rings. The van der Waals surface area contributed by atoms with Crippen LogP contribution in [0.5, 0.6) is 11.5 Å². The number of Topliss-reactive ketones (excluding diaryl/α,β-unsaturated/α-hetero) is 1. The van der Waals surface area contributed by atoms with Crippen molar-refractivity contribution in [3.63, 3.8) is 0 Å². The second-order valence-corrected chi connectivity index (χ2v) is 10.3. The van der Waals surface area contributed by atoms with E-state index in [0.717, 1.165) is 23.3 Å². The molecule has 1 aliphatic heterocycles. The van der Waals surface area contributed by atoms with Crippen LogP contribution in [0.2, 0.25) is 0 Å². The number of anilines is 1. The Kier molecular flexibility index (Phi) is 9.24. The van der Waals surface area contributed by atoms with Gasteiger partial charge in [0.25, 0.3) is 5.78 Å². The molecule has 1 unspecified atom stereocenters. The van der Waals surface area contributed by atoms with Crippen molar-refractivity contribution in [1.29, 1.82) is 0 Å². The van der Waals surface area contributed by atoms with Gasteiger partial charge in [0.1, 0.15) is 28.7 Å². The topological polar surface area (TPSA) is 115 Å². The molecule has 10 heteroatoms. The van der Waals surface area contributed by atoms with Crippen molar-refractivity contribution >= 4 is 39.9 Å². The minimum absolute atomic E-state index is 0.0954. The molecule has 4 rings (SSSR count). The van der Waals surface area contributed by atoms with Crippen LogP contribution in [0.4, 0.5) is 5.13 Å². The van der Waals surface area contributed by atoms with Crippen molar-refractivity contribution in [3.8, 4) is 11.5 Å². The number of carbonyl (C=O) groups excluding carboxylic acids is 3. The van der Waals surface area contributed by atoms with Crippen LogP contribution in [0.15, 0.2) is 60.7 Å². The van der Waals surface area contributed by atoms with Gasteiger partial charge in [0, 0.05) is 5.56 Å². The lowest BCUT2D eigenvalue weighted by Crippen LogP contribution is -2.29. The molecule has 2 aromatic carbocycles. The van der Waals surface area contributed by atoms with Gasteiger partial charge >= 0.3 is 11.9 Å². The molecule has 0 spiro atoms. The molecule has 1 aromatic heterocycles. The second kappa shape index (κ2) is 12.8. The Morgan fingerprint density at radius 3 is 2.49 bits per heavy atom. The Hall–Kier alpha value is -4.44. The minimum atomic E-state index is -1.01. The number of rotatable bonds is 11. The van der Waals surface area contributed by atoms with Crippen molar-refractivity contribution in [2.45, 2.75) is 40.2 Å². The fraction of sp³-hybridized carbons (Fsp3) is 0.290. The van der Waals surface area contributed by atoms with E-state index in [2.05, 4.69) is 11.6 Å². The number of aliphatic hydroxyl groups excluding tert-OH is 1. The number of aryl methyl sites for hydroxylation is 2. The van der Waals surface area contributed by atoms with Crippen LogP contribution in [0.1, 0.15) is 58.4 Å². The molecular formula is C31H32N2O7S. The highest BCUT2D eigenvalue weighted by Crippen LogP contribution is 2.44. The summed E-state index contributed by atoms with van der Waals surface area (Å²) < 4.78 is 16.5. The van der Waals surface area contributed by atoms with Gasteiger partial charge in [-0.05, 0) is 68.7 Å². The van der Waals surface area contributed by atoms with E-state index in [-0.39, 0.29) is 27.9 Å². The number of hydrogen-bond donors (Lipinski definition) is 1. The summed E-state index contributed by atoms with van der Waals surface area (Å²) in [7, 11) is 0. The van der Waals surface area contributed by atoms with Crippen molar-refractivity contribution in [2.75, 3.05) is 24.7 Å². The van der Waals surface area contributed by atoms with Crippen LogP contribution < -0.4 is 14.4 Å². The van der Waals surface area contributed by atoms with Gasteiger partial charge in [-0.25, -0.2) is 9.78 Å². The molecule has 1 aliphatic rings. The first-order chi connectivity index (χ1) is 19.7. The number of aromatic nitrogens is 1. The zero-order chi connectivity index (χ0) is 29.7. The molecule has 0 saturated carbocycles. The second-order valence-electron chi connectivity index (χ2n) is 9.30. The van der Waals surface area contributed by atoms with Gasteiger partial charge < -0.3 is 19.3 Å². The van der Waals surface area contributed by atoms with E-state index in [4.69, 9.17) is 14.2 Å². The first kappa shape index (κ1) is 29.5. The number of thiazole rings is 1. The molecule has 1 amide bonds. The lowest BCUT2D eigenvalue weighted by atomic mass is 9.95. The summed E-state index contributed by atoms with van der Waals surface area (Å²) in [6.45, 7) is 11.9. The summed E-state index contributed by atoms with van der Waals surface area (Å²) in [5.41, 5.74) is 1.95. The Labute approximate surface area is 242 Å². The molecule has 0 aliphatic carbocycles. The van der Waals surface area contributed by atoms with E-state index in [1.54, 1.807) is 62.4 Å². The van der Waals surface area contributed by atoms with Crippen molar-refractivity contribution in [2.24, 2.45) is 0 Å². The third-order valence-electron chi connectivity index (χ3n) is 6.37. The molecule has 2 heterocycles. The third-order valence-corrected chi connectivity index (χ3v) is 7.51. The number of carbonyl (C=O) groups is 3. The van der Waals surface area contributed by atoms with Crippen LogP contribution in [0, 0.1) is 13.8 Å². The summed E-state index contributed by atoms with van der Waals surface area (Å²) in [6, 6.07) is 10.9. The lowest BCUT2D eigenvalue weighted by molar-refractivity contribution is -0.132. The number of nitrogens with zero attached hydrogens (tertiary/aromatic N) is 2. The first-order valence-electron chi connectivity index (χ1n) is 13.2. The highest BCUT2D eigenvalue weighted by Gasteiger charge is 2.48. The van der Waals surface area contributed by atoms with Crippen LogP contribution in [0.25, 0.3) is 5.76 Å². The van der Waals surface area contributed by atoms with Gasteiger partial charge in [-0.2, -0.15) is 0 Å². The summed E-state index contributed by atoms with van der Waals surface area (Å²) >= 11 is 0.956. The van der Waals surface area contributed by atoms with Gasteiger partial charge in [0.15, 0.2) is 5.13 Å².